The topological polar surface area (TPSA) is 54.5 Å². The summed E-state index contributed by atoms with van der Waals surface area (Å²) in [5, 5.41) is -0.362. The van der Waals surface area contributed by atoms with Crippen LogP contribution in [-0.2, 0) is 21.1 Å². The Labute approximate surface area is 114 Å². The van der Waals surface area contributed by atoms with Crippen LogP contribution in [0.3, 0.4) is 0 Å². The molecule has 0 atom stereocenters. The van der Waals surface area contributed by atoms with E-state index in [-0.39, 0.29) is 16.9 Å². The number of rotatable bonds is 4. The van der Waals surface area contributed by atoms with Crippen molar-refractivity contribution >= 4 is 15.7 Å². The van der Waals surface area contributed by atoms with E-state index in [4.69, 9.17) is 0 Å². The molecule has 0 aliphatic carbocycles. The van der Waals surface area contributed by atoms with Crippen molar-refractivity contribution in [3.63, 3.8) is 0 Å². The van der Waals surface area contributed by atoms with Crippen LogP contribution in [-0.4, -0.2) is 43.3 Å². The van der Waals surface area contributed by atoms with Crippen molar-refractivity contribution in [1.29, 1.82) is 0 Å². The molecule has 0 radical (unpaired) electrons. The Hall–Kier alpha value is -1.36. The van der Waals surface area contributed by atoms with Gasteiger partial charge in [-0.05, 0) is 12.5 Å². The summed E-state index contributed by atoms with van der Waals surface area (Å²) in [5.41, 5.74) is 2.10. The van der Waals surface area contributed by atoms with E-state index in [2.05, 4.69) is 0 Å². The largest absolute Gasteiger partial charge is 0.340 e. The maximum Gasteiger partial charge on any atom is 0.227 e. The second kappa shape index (κ2) is 5.33. The maximum absolute atomic E-state index is 12.0. The molecule has 1 aromatic rings. The second-order valence-corrected chi connectivity index (χ2v) is 7.61. The lowest BCUT2D eigenvalue weighted by Crippen LogP contribution is -2.57. The van der Waals surface area contributed by atoms with Crippen molar-refractivity contribution in [3.05, 3.63) is 35.4 Å². The summed E-state index contributed by atoms with van der Waals surface area (Å²) in [6, 6.07) is 7.82. The molecule has 1 fully saturated rings. The Morgan fingerprint density at radius 2 is 2.05 bits per heavy atom. The lowest BCUT2D eigenvalue weighted by molar-refractivity contribution is -0.133. The number of hydrogen-bond donors (Lipinski definition) is 0. The predicted octanol–water partition coefficient (Wildman–Crippen LogP) is 1.18. The monoisotopic (exact) mass is 281 g/mol. The second-order valence-electron chi connectivity index (χ2n) is 5.04. The predicted molar refractivity (Wildman–Crippen MR) is 74.7 cm³/mol. The van der Waals surface area contributed by atoms with Crippen LogP contribution in [0, 0.1) is 6.92 Å². The van der Waals surface area contributed by atoms with Gasteiger partial charge in [-0.3, -0.25) is 4.79 Å². The molecule has 5 heteroatoms. The van der Waals surface area contributed by atoms with Crippen molar-refractivity contribution < 1.29 is 13.2 Å². The van der Waals surface area contributed by atoms with E-state index < -0.39 is 9.84 Å². The average Bonchev–Trinajstić information content (AvgIpc) is 2.26. The number of likely N-dealkylation sites (tertiary alicyclic amines) is 1. The molecular formula is C14H19NO3S. The highest BCUT2D eigenvalue weighted by Gasteiger charge is 2.38. The van der Waals surface area contributed by atoms with Crippen molar-refractivity contribution in [2.24, 2.45) is 0 Å². The summed E-state index contributed by atoms with van der Waals surface area (Å²) in [7, 11) is -3.00. The summed E-state index contributed by atoms with van der Waals surface area (Å²) in [4.78, 5) is 13.6. The fraction of sp³-hybridized carbons (Fsp3) is 0.500. The quantitative estimate of drug-likeness (QED) is 0.833. The zero-order valence-corrected chi connectivity index (χ0v) is 12.1. The Bertz CT molecular complexity index is 574. The van der Waals surface area contributed by atoms with E-state index in [0.717, 1.165) is 11.1 Å². The van der Waals surface area contributed by atoms with Gasteiger partial charge in [0.25, 0.3) is 0 Å². The minimum absolute atomic E-state index is 0.00755. The molecule has 0 saturated carbocycles. The number of nitrogens with zero attached hydrogens (tertiary/aromatic N) is 1. The third-order valence-electron chi connectivity index (χ3n) is 3.55. The first-order chi connectivity index (χ1) is 8.92. The van der Waals surface area contributed by atoms with Crippen molar-refractivity contribution in [3.8, 4) is 0 Å². The first-order valence-corrected chi connectivity index (χ1v) is 8.19. The number of amides is 1. The third kappa shape index (κ3) is 3.15. The van der Waals surface area contributed by atoms with Crippen LogP contribution in [0.2, 0.25) is 0 Å². The van der Waals surface area contributed by atoms with Gasteiger partial charge in [-0.2, -0.15) is 0 Å². The molecule has 2 rings (SSSR count). The molecule has 0 aromatic heterocycles. The van der Waals surface area contributed by atoms with Crippen LogP contribution in [0.1, 0.15) is 18.1 Å². The standard InChI is InChI=1S/C14H19NO3S/c1-3-19(17,18)13-9-15(10-13)14(16)8-12-6-4-5-11(2)7-12/h4-7,13H,3,8-10H2,1-2H3. The molecule has 1 heterocycles. The van der Waals surface area contributed by atoms with Gasteiger partial charge in [-0.25, -0.2) is 8.42 Å². The maximum atomic E-state index is 12.0. The minimum atomic E-state index is -3.00. The molecule has 104 valence electrons. The van der Waals surface area contributed by atoms with Crippen LogP contribution in [0.4, 0.5) is 0 Å². The van der Waals surface area contributed by atoms with E-state index in [1.54, 1.807) is 11.8 Å². The lowest BCUT2D eigenvalue weighted by atomic mass is 10.1. The van der Waals surface area contributed by atoms with Gasteiger partial charge in [0.05, 0.1) is 11.7 Å². The van der Waals surface area contributed by atoms with E-state index in [1.165, 1.54) is 0 Å². The molecule has 1 aromatic carbocycles. The molecule has 1 saturated heterocycles. The van der Waals surface area contributed by atoms with E-state index >= 15 is 0 Å². The number of aryl methyl sites for hydroxylation is 1. The van der Waals surface area contributed by atoms with Crippen LogP contribution in [0.15, 0.2) is 24.3 Å². The van der Waals surface area contributed by atoms with Gasteiger partial charge < -0.3 is 4.90 Å². The van der Waals surface area contributed by atoms with Gasteiger partial charge in [-0.15, -0.1) is 0 Å². The van der Waals surface area contributed by atoms with E-state index in [0.29, 0.717) is 19.5 Å². The molecule has 0 unspecified atom stereocenters. The zero-order chi connectivity index (χ0) is 14.0. The number of benzene rings is 1. The van der Waals surface area contributed by atoms with E-state index in [9.17, 15) is 13.2 Å². The van der Waals surface area contributed by atoms with Gasteiger partial charge in [0.1, 0.15) is 0 Å². The van der Waals surface area contributed by atoms with Crippen LogP contribution in [0.5, 0.6) is 0 Å². The van der Waals surface area contributed by atoms with Gasteiger partial charge in [0, 0.05) is 18.8 Å². The molecule has 0 N–H and O–H groups in total. The Balaban J connectivity index is 1.91. The van der Waals surface area contributed by atoms with Crippen molar-refractivity contribution in [2.75, 3.05) is 18.8 Å². The molecule has 1 amide bonds. The summed E-state index contributed by atoms with van der Waals surface area (Å²) < 4.78 is 23.2. The van der Waals surface area contributed by atoms with Crippen molar-refractivity contribution in [1.82, 2.24) is 4.90 Å². The number of carbonyl (C=O) groups excluding carboxylic acids is 1. The molecule has 0 bridgehead atoms. The summed E-state index contributed by atoms with van der Waals surface area (Å²) in [6.45, 7) is 4.33. The zero-order valence-electron chi connectivity index (χ0n) is 11.3. The summed E-state index contributed by atoms with van der Waals surface area (Å²) >= 11 is 0. The first kappa shape index (κ1) is 14.1. The highest BCUT2D eigenvalue weighted by molar-refractivity contribution is 7.92. The van der Waals surface area contributed by atoms with Crippen LogP contribution >= 0.6 is 0 Å². The first-order valence-electron chi connectivity index (χ1n) is 6.47. The lowest BCUT2D eigenvalue weighted by Gasteiger charge is -2.38. The fourth-order valence-corrected chi connectivity index (χ4v) is 3.50. The molecular weight excluding hydrogens is 262 g/mol. The average molecular weight is 281 g/mol. The Kier molecular flexibility index (Phi) is 3.94. The number of carbonyl (C=O) groups is 1. The van der Waals surface area contributed by atoms with Crippen LogP contribution in [0.25, 0.3) is 0 Å². The van der Waals surface area contributed by atoms with Gasteiger partial charge in [0.15, 0.2) is 9.84 Å². The molecule has 4 nitrogen and oxygen atoms in total. The molecule has 1 aliphatic heterocycles. The normalized spacial score (nSPS) is 16.2. The van der Waals surface area contributed by atoms with Gasteiger partial charge in [-0.1, -0.05) is 36.8 Å². The molecule has 0 spiro atoms. The highest BCUT2D eigenvalue weighted by Crippen LogP contribution is 2.18. The number of sulfone groups is 1. The van der Waals surface area contributed by atoms with Gasteiger partial charge in [0.2, 0.25) is 5.91 Å². The Morgan fingerprint density at radius 3 is 2.63 bits per heavy atom. The third-order valence-corrected chi connectivity index (χ3v) is 5.67. The number of hydrogen-bond acceptors (Lipinski definition) is 3. The Morgan fingerprint density at radius 1 is 1.37 bits per heavy atom. The summed E-state index contributed by atoms with van der Waals surface area (Å²) in [5.74, 6) is 0.158. The summed E-state index contributed by atoms with van der Waals surface area (Å²) in [6.07, 6.45) is 0.348. The van der Waals surface area contributed by atoms with Crippen LogP contribution < -0.4 is 0 Å². The minimum Gasteiger partial charge on any atom is -0.340 e. The van der Waals surface area contributed by atoms with Gasteiger partial charge >= 0.3 is 0 Å². The molecule has 1 aliphatic rings. The fourth-order valence-electron chi connectivity index (χ4n) is 2.21. The SMILES string of the molecule is CCS(=O)(=O)C1CN(C(=O)Cc2cccc(C)c2)C1. The highest BCUT2D eigenvalue weighted by atomic mass is 32.2. The molecule has 19 heavy (non-hydrogen) atoms. The van der Waals surface area contributed by atoms with Crippen molar-refractivity contribution in [2.45, 2.75) is 25.5 Å². The smallest absolute Gasteiger partial charge is 0.227 e. The van der Waals surface area contributed by atoms with E-state index in [1.807, 2.05) is 31.2 Å².